The molecule has 0 saturated heterocycles. The lowest BCUT2D eigenvalue weighted by Crippen LogP contribution is -2.28. The maximum atomic E-state index is 12.7. The lowest BCUT2D eigenvalue weighted by Gasteiger charge is -2.18. The third kappa shape index (κ3) is 4.67. The normalized spacial score (nSPS) is 12.4. The molecule has 1 atom stereocenters. The fourth-order valence-electron chi connectivity index (χ4n) is 3.05. The Kier molecular flexibility index (Phi) is 5.95. The molecule has 144 valence electrons. The standard InChI is InChI=1S/C23H23NO3S/c1-3-22(19-13-15-21(16-14-19)28(2,26)27)24-23(25)20-11-9-18(10-12-20)17-7-5-4-6-8-17/h4-16,22H,3H2,1-2H3,(H,24,25)/t22-/m1/s1. The number of carbonyl (C=O) groups is 1. The minimum atomic E-state index is -3.23. The quantitative estimate of drug-likeness (QED) is 0.664. The van der Waals surface area contributed by atoms with Gasteiger partial charge < -0.3 is 5.32 Å². The summed E-state index contributed by atoms with van der Waals surface area (Å²) in [5, 5.41) is 3.03. The van der Waals surface area contributed by atoms with Crippen LogP contribution in [0.4, 0.5) is 0 Å². The highest BCUT2D eigenvalue weighted by molar-refractivity contribution is 7.90. The van der Waals surface area contributed by atoms with Gasteiger partial charge in [0, 0.05) is 11.8 Å². The molecule has 0 bridgehead atoms. The zero-order chi connectivity index (χ0) is 20.1. The molecule has 0 unspecified atom stereocenters. The molecule has 0 aliphatic rings. The molecule has 0 spiro atoms. The van der Waals surface area contributed by atoms with E-state index >= 15 is 0 Å². The summed E-state index contributed by atoms with van der Waals surface area (Å²) in [6, 6.07) is 24.0. The van der Waals surface area contributed by atoms with Crippen molar-refractivity contribution in [1.29, 1.82) is 0 Å². The predicted molar refractivity (Wildman–Crippen MR) is 112 cm³/mol. The smallest absolute Gasteiger partial charge is 0.251 e. The van der Waals surface area contributed by atoms with Gasteiger partial charge in [-0.15, -0.1) is 0 Å². The number of amides is 1. The molecule has 3 aromatic rings. The molecule has 5 heteroatoms. The van der Waals surface area contributed by atoms with Gasteiger partial charge in [0.05, 0.1) is 10.9 Å². The highest BCUT2D eigenvalue weighted by atomic mass is 32.2. The van der Waals surface area contributed by atoms with Gasteiger partial charge in [0.2, 0.25) is 0 Å². The minimum absolute atomic E-state index is 0.154. The van der Waals surface area contributed by atoms with Crippen molar-refractivity contribution < 1.29 is 13.2 Å². The maximum absolute atomic E-state index is 12.7. The van der Waals surface area contributed by atoms with Crippen molar-refractivity contribution in [2.75, 3.05) is 6.26 Å². The van der Waals surface area contributed by atoms with Crippen molar-refractivity contribution in [2.24, 2.45) is 0 Å². The Morgan fingerprint density at radius 3 is 1.96 bits per heavy atom. The van der Waals surface area contributed by atoms with Gasteiger partial charge in [-0.05, 0) is 47.4 Å². The van der Waals surface area contributed by atoms with Crippen molar-refractivity contribution in [3.63, 3.8) is 0 Å². The van der Waals surface area contributed by atoms with Gasteiger partial charge in [0.15, 0.2) is 9.84 Å². The highest BCUT2D eigenvalue weighted by Gasteiger charge is 2.15. The van der Waals surface area contributed by atoms with Crippen LogP contribution in [0.25, 0.3) is 11.1 Å². The van der Waals surface area contributed by atoms with E-state index in [2.05, 4.69) is 5.32 Å². The van der Waals surface area contributed by atoms with Crippen LogP contribution in [0.15, 0.2) is 83.8 Å². The average molecular weight is 394 g/mol. The Labute approximate surface area is 166 Å². The van der Waals surface area contributed by atoms with Crippen molar-refractivity contribution >= 4 is 15.7 Å². The molecule has 28 heavy (non-hydrogen) atoms. The van der Waals surface area contributed by atoms with E-state index in [0.29, 0.717) is 12.0 Å². The summed E-state index contributed by atoms with van der Waals surface area (Å²) in [6.45, 7) is 1.98. The van der Waals surface area contributed by atoms with E-state index in [9.17, 15) is 13.2 Å². The zero-order valence-electron chi connectivity index (χ0n) is 15.9. The first kappa shape index (κ1) is 19.8. The second-order valence-corrected chi connectivity index (χ2v) is 8.73. The van der Waals surface area contributed by atoms with Crippen LogP contribution >= 0.6 is 0 Å². The summed E-state index contributed by atoms with van der Waals surface area (Å²) >= 11 is 0. The minimum Gasteiger partial charge on any atom is -0.345 e. The molecular formula is C23H23NO3S. The van der Waals surface area contributed by atoms with Crippen molar-refractivity contribution in [3.8, 4) is 11.1 Å². The molecule has 1 N–H and O–H groups in total. The highest BCUT2D eigenvalue weighted by Crippen LogP contribution is 2.22. The Balaban J connectivity index is 1.73. The first-order valence-electron chi connectivity index (χ1n) is 9.15. The second kappa shape index (κ2) is 8.40. The van der Waals surface area contributed by atoms with Gasteiger partial charge in [-0.2, -0.15) is 0 Å². The summed E-state index contributed by atoms with van der Waals surface area (Å²) in [4.78, 5) is 12.9. The number of rotatable bonds is 6. The molecule has 4 nitrogen and oxygen atoms in total. The van der Waals surface area contributed by atoms with E-state index in [4.69, 9.17) is 0 Å². The number of nitrogens with one attached hydrogen (secondary N) is 1. The van der Waals surface area contributed by atoms with Gasteiger partial charge in [-0.25, -0.2) is 8.42 Å². The summed E-state index contributed by atoms with van der Waals surface area (Å²) in [5.41, 5.74) is 3.63. The first-order chi connectivity index (χ1) is 13.4. The fraction of sp³-hybridized carbons (Fsp3) is 0.174. The van der Waals surface area contributed by atoms with Crippen LogP contribution in [0.3, 0.4) is 0 Å². The lowest BCUT2D eigenvalue weighted by molar-refractivity contribution is 0.0935. The van der Waals surface area contributed by atoms with Crippen LogP contribution in [0.1, 0.15) is 35.3 Å². The molecular weight excluding hydrogens is 370 g/mol. The Bertz CT molecular complexity index is 1040. The van der Waals surface area contributed by atoms with Crippen LogP contribution in [-0.4, -0.2) is 20.6 Å². The Hall–Kier alpha value is -2.92. The van der Waals surface area contributed by atoms with Gasteiger partial charge in [-0.1, -0.05) is 61.5 Å². The lowest BCUT2D eigenvalue weighted by atomic mass is 10.0. The summed E-state index contributed by atoms with van der Waals surface area (Å²) < 4.78 is 23.2. The van der Waals surface area contributed by atoms with Gasteiger partial charge >= 0.3 is 0 Å². The van der Waals surface area contributed by atoms with E-state index in [1.54, 1.807) is 24.3 Å². The molecule has 1 amide bonds. The van der Waals surface area contributed by atoms with Gasteiger partial charge in [0.25, 0.3) is 5.91 Å². The van der Waals surface area contributed by atoms with E-state index in [-0.39, 0.29) is 16.8 Å². The van der Waals surface area contributed by atoms with E-state index in [1.807, 2.05) is 61.5 Å². The number of carbonyl (C=O) groups excluding carboxylic acids is 1. The number of hydrogen-bond acceptors (Lipinski definition) is 3. The van der Waals surface area contributed by atoms with Gasteiger partial charge in [0.1, 0.15) is 0 Å². The molecule has 0 aliphatic carbocycles. The third-order valence-electron chi connectivity index (χ3n) is 4.68. The number of hydrogen-bond donors (Lipinski definition) is 1. The summed E-state index contributed by atoms with van der Waals surface area (Å²) in [7, 11) is -3.23. The van der Waals surface area contributed by atoms with Crippen LogP contribution in [0.5, 0.6) is 0 Å². The molecule has 0 fully saturated rings. The van der Waals surface area contributed by atoms with Crippen LogP contribution in [-0.2, 0) is 9.84 Å². The number of sulfone groups is 1. The van der Waals surface area contributed by atoms with Crippen LogP contribution in [0.2, 0.25) is 0 Å². The van der Waals surface area contributed by atoms with E-state index in [1.165, 1.54) is 6.26 Å². The average Bonchev–Trinajstić information content (AvgIpc) is 2.72. The van der Waals surface area contributed by atoms with E-state index < -0.39 is 9.84 Å². The molecule has 0 heterocycles. The molecule has 3 rings (SSSR count). The van der Waals surface area contributed by atoms with Crippen LogP contribution in [0, 0.1) is 0 Å². The first-order valence-corrected chi connectivity index (χ1v) is 11.0. The second-order valence-electron chi connectivity index (χ2n) is 6.72. The molecule has 3 aromatic carbocycles. The Morgan fingerprint density at radius 2 is 1.43 bits per heavy atom. The molecule has 0 radical (unpaired) electrons. The monoisotopic (exact) mass is 393 g/mol. The van der Waals surface area contributed by atoms with E-state index in [0.717, 1.165) is 16.7 Å². The molecule has 0 saturated carbocycles. The Morgan fingerprint density at radius 1 is 0.857 bits per heavy atom. The summed E-state index contributed by atoms with van der Waals surface area (Å²) in [5.74, 6) is -0.154. The SMILES string of the molecule is CC[C@@H](NC(=O)c1ccc(-c2ccccc2)cc1)c1ccc(S(C)(=O)=O)cc1. The molecule has 0 aromatic heterocycles. The third-order valence-corrected chi connectivity index (χ3v) is 5.81. The van der Waals surface area contributed by atoms with Crippen molar-refractivity contribution in [1.82, 2.24) is 5.32 Å². The maximum Gasteiger partial charge on any atom is 0.251 e. The summed E-state index contributed by atoms with van der Waals surface area (Å²) in [6.07, 6.45) is 1.88. The van der Waals surface area contributed by atoms with Crippen molar-refractivity contribution in [3.05, 3.63) is 90.0 Å². The number of benzene rings is 3. The largest absolute Gasteiger partial charge is 0.345 e. The zero-order valence-corrected chi connectivity index (χ0v) is 16.7. The van der Waals surface area contributed by atoms with Crippen molar-refractivity contribution in [2.45, 2.75) is 24.3 Å². The molecule has 0 aliphatic heterocycles. The van der Waals surface area contributed by atoms with Gasteiger partial charge in [-0.3, -0.25) is 4.79 Å². The van der Waals surface area contributed by atoms with Crippen LogP contribution < -0.4 is 5.32 Å². The predicted octanol–water partition coefficient (Wildman–Crippen LogP) is 4.64. The topological polar surface area (TPSA) is 63.2 Å². The fourth-order valence-corrected chi connectivity index (χ4v) is 3.69.